The lowest BCUT2D eigenvalue weighted by molar-refractivity contribution is -0.121. The van der Waals surface area contributed by atoms with Crippen molar-refractivity contribution in [1.29, 1.82) is 0 Å². The van der Waals surface area contributed by atoms with E-state index in [1.165, 1.54) is 0 Å². The molecule has 0 aliphatic carbocycles. The number of benzene rings is 1. The van der Waals surface area contributed by atoms with Crippen LogP contribution in [0.2, 0.25) is 0 Å². The SMILES string of the molecule is COc1ccc(C)cc1[C@H](C)N[C@@H](C)C(=O)NC(N)=O. The monoisotopic (exact) mass is 279 g/mol. The van der Waals surface area contributed by atoms with Crippen LogP contribution in [-0.4, -0.2) is 25.1 Å². The van der Waals surface area contributed by atoms with Gasteiger partial charge in [0, 0.05) is 11.6 Å². The molecular weight excluding hydrogens is 258 g/mol. The number of amides is 3. The third-order valence-electron chi connectivity index (χ3n) is 2.99. The maximum Gasteiger partial charge on any atom is 0.318 e. The highest BCUT2D eigenvalue weighted by Crippen LogP contribution is 2.26. The quantitative estimate of drug-likeness (QED) is 0.756. The number of urea groups is 1. The fourth-order valence-corrected chi connectivity index (χ4v) is 1.96. The minimum atomic E-state index is -0.857. The lowest BCUT2D eigenvalue weighted by Crippen LogP contribution is -2.47. The van der Waals surface area contributed by atoms with Crippen LogP contribution in [0.1, 0.15) is 31.0 Å². The number of carbonyl (C=O) groups is 2. The summed E-state index contributed by atoms with van der Waals surface area (Å²) in [5, 5.41) is 5.15. The highest BCUT2D eigenvalue weighted by atomic mass is 16.5. The largest absolute Gasteiger partial charge is 0.496 e. The Hall–Kier alpha value is -2.08. The standard InChI is InChI=1S/C14H21N3O3/c1-8-5-6-12(20-4)11(7-8)9(2)16-10(3)13(18)17-14(15)19/h5-7,9-10,16H,1-4H3,(H3,15,17,18,19)/t9-,10-/m0/s1. The van der Waals surface area contributed by atoms with Crippen LogP contribution in [-0.2, 0) is 4.79 Å². The van der Waals surface area contributed by atoms with Crippen LogP contribution in [0.25, 0.3) is 0 Å². The predicted octanol–water partition coefficient (Wildman–Crippen LogP) is 1.24. The molecule has 0 bridgehead atoms. The molecule has 3 amide bonds. The molecule has 2 atom stereocenters. The summed E-state index contributed by atoms with van der Waals surface area (Å²) in [5.41, 5.74) is 6.97. The third kappa shape index (κ3) is 4.24. The Morgan fingerprint density at radius 3 is 2.50 bits per heavy atom. The fourth-order valence-electron chi connectivity index (χ4n) is 1.96. The van der Waals surface area contributed by atoms with Crippen LogP contribution in [0.3, 0.4) is 0 Å². The van der Waals surface area contributed by atoms with E-state index >= 15 is 0 Å². The van der Waals surface area contributed by atoms with Gasteiger partial charge in [0.15, 0.2) is 0 Å². The van der Waals surface area contributed by atoms with Crippen molar-refractivity contribution < 1.29 is 14.3 Å². The molecule has 110 valence electrons. The first-order valence-corrected chi connectivity index (χ1v) is 6.36. The summed E-state index contributed by atoms with van der Waals surface area (Å²) in [4.78, 5) is 22.3. The van der Waals surface area contributed by atoms with Gasteiger partial charge in [0.05, 0.1) is 13.2 Å². The van der Waals surface area contributed by atoms with Gasteiger partial charge in [-0.2, -0.15) is 0 Å². The fraction of sp³-hybridized carbons (Fsp3) is 0.429. The number of primary amides is 1. The van der Waals surface area contributed by atoms with Gasteiger partial charge in [-0.1, -0.05) is 17.7 Å². The number of aryl methyl sites for hydroxylation is 1. The van der Waals surface area contributed by atoms with Gasteiger partial charge in [-0.15, -0.1) is 0 Å². The van der Waals surface area contributed by atoms with Crippen molar-refractivity contribution in [3.8, 4) is 5.75 Å². The second-order valence-electron chi connectivity index (χ2n) is 4.71. The molecule has 0 spiro atoms. The number of hydrogen-bond donors (Lipinski definition) is 3. The van der Waals surface area contributed by atoms with Crippen molar-refractivity contribution >= 4 is 11.9 Å². The number of imide groups is 1. The highest BCUT2D eigenvalue weighted by molar-refractivity contribution is 5.96. The molecule has 4 N–H and O–H groups in total. The van der Waals surface area contributed by atoms with Gasteiger partial charge in [0.2, 0.25) is 5.91 Å². The van der Waals surface area contributed by atoms with Crippen LogP contribution in [0, 0.1) is 6.92 Å². The smallest absolute Gasteiger partial charge is 0.318 e. The second-order valence-corrected chi connectivity index (χ2v) is 4.71. The number of hydrogen-bond acceptors (Lipinski definition) is 4. The number of methoxy groups -OCH3 is 1. The lowest BCUT2D eigenvalue weighted by atomic mass is 10.0. The summed E-state index contributed by atoms with van der Waals surface area (Å²) in [7, 11) is 1.60. The molecule has 20 heavy (non-hydrogen) atoms. The van der Waals surface area contributed by atoms with E-state index in [2.05, 4.69) is 5.32 Å². The Balaban J connectivity index is 2.80. The first kappa shape index (κ1) is 16.0. The zero-order valence-corrected chi connectivity index (χ0v) is 12.2. The molecule has 0 fully saturated rings. The molecular formula is C14H21N3O3. The summed E-state index contributed by atoms with van der Waals surface area (Å²) in [6.45, 7) is 5.57. The topological polar surface area (TPSA) is 93.4 Å². The van der Waals surface area contributed by atoms with Gasteiger partial charge in [-0.25, -0.2) is 4.79 Å². The van der Waals surface area contributed by atoms with Gasteiger partial charge in [-0.3, -0.25) is 15.4 Å². The molecule has 6 nitrogen and oxygen atoms in total. The molecule has 0 unspecified atom stereocenters. The van der Waals surface area contributed by atoms with Crippen molar-refractivity contribution in [2.75, 3.05) is 7.11 Å². The molecule has 0 saturated heterocycles. The molecule has 1 aromatic carbocycles. The van der Waals surface area contributed by atoms with Gasteiger partial charge in [0.1, 0.15) is 5.75 Å². The van der Waals surface area contributed by atoms with Crippen molar-refractivity contribution in [3.05, 3.63) is 29.3 Å². The van der Waals surface area contributed by atoms with Crippen molar-refractivity contribution in [3.63, 3.8) is 0 Å². The maximum absolute atomic E-state index is 11.6. The van der Waals surface area contributed by atoms with Gasteiger partial charge in [-0.05, 0) is 26.8 Å². The zero-order chi connectivity index (χ0) is 15.3. The van der Waals surface area contributed by atoms with Crippen LogP contribution in [0.15, 0.2) is 18.2 Å². The van der Waals surface area contributed by atoms with Gasteiger partial charge >= 0.3 is 6.03 Å². The minimum Gasteiger partial charge on any atom is -0.496 e. The number of nitrogens with one attached hydrogen (secondary N) is 2. The molecule has 0 heterocycles. The van der Waals surface area contributed by atoms with E-state index in [0.29, 0.717) is 0 Å². The summed E-state index contributed by atoms with van der Waals surface area (Å²) in [6, 6.07) is 4.32. The molecule has 6 heteroatoms. The average Bonchev–Trinajstić information content (AvgIpc) is 2.37. The lowest BCUT2D eigenvalue weighted by Gasteiger charge is -2.21. The number of nitrogens with two attached hydrogens (primary N) is 1. The Labute approximate surface area is 118 Å². The Morgan fingerprint density at radius 1 is 1.30 bits per heavy atom. The molecule has 0 aliphatic heterocycles. The van der Waals surface area contributed by atoms with Crippen LogP contribution in [0.5, 0.6) is 5.75 Å². The van der Waals surface area contributed by atoms with E-state index in [4.69, 9.17) is 10.5 Å². The minimum absolute atomic E-state index is 0.113. The van der Waals surface area contributed by atoms with E-state index in [0.717, 1.165) is 16.9 Å². The third-order valence-corrected chi connectivity index (χ3v) is 2.99. The Bertz CT molecular complexity index is 502. The summed E-state index contributed by atoms with van der Waals surface area (Å²) >= 11 is 0. The van der Waals surface area contributed by atoms with E-state index in [9.17, 15) is 9.59 Å². The summed E-state index contributed by atoms with van der Waals surface area (Å²) in [5.74, 6) is 0.286. The van der Waals surface area contributed by atoms with Crippen LogP contribution >= 0.6 is 0 Å². The van der Waals surface area contributed by atoms with Crippen LogP contribution < -0.4 is 21.1 Å². The number of carbonyl (C=O) groups excluding carboxylic acids is 2. The first-order valence-electron chi connectivity index (χ1n) is 6.36. The maximum atomic E-state index is 11.6. The average molecular weight is 279 g/mol. The number of rotatable bonds is 5. The Kier molecular flexibility index (Phi) is 5.52. The first-order chi connectivity index (χ1) is 9.35. The molecule has 0 radical (unpaired) electrons. The van der Waals surface area contributed by atoms with Crippen molar-refractivity contribution in [2.45, 2.75) is 32.9 Å². The summed E-state index contributed by atoms with van der Waals surface area (Å²) < 4.78 is 5.31. The molecule has 0 aliphatic rings. The van der Waals surface area contributed by atoms with E-state index < -0.39 is 18.0 Å². The summed E-state index contributed by atoms with van der Waals surface area (Å²) in [6.07, 6.45) is 0. The zero-order valence-electron chi connectivity index (χ0n) is 12.2. The Morgan fingerprint density at radius 2 is 1.95 bits per heavy atom. The normalized spacial score (nSPS) is 13.4. The molecule has 1 aromatic rings. The van der Waals surface area contributed by atoms with Crippen LogP contribution in [0.4, 0.5) is 4.79 Å². The second kappa shape index (κ2) is 6.91. The number of ether oxygens (including phenoxy) is 1. The van der Waals surface area contributed by atoms with Gasteiger partial charge in [0.25, 0.3) is 0 Å². The van der Waals surface area contributed by atoms with Crippen molar-refractivity contribution in [1.82, 2.24) is 10.6 Å². The predicted molar refractivity (Wildman–Crippen MR) is 76.5 cm³/mol. The van der Waals surface area contributed by atoms with E-state index in [-0.39, 0.29) is 6.04 Å². The molecule has 0 aromatic heterocycles. The van der Waals surface area contributed by atoms with E-state index in [1.54, 1.807) is 14.0 Å². The molecule has 1 rings (SSSR count). The van der Waals surface area contributed by atoms with Crippen molar-refractivity contribution in [2.24, 2.45) is 5.73 Å². The van der Waals surface area contributed by atoms with E-state index in [1.807, 2.05) is 37.4 Å². The molecule has 0 saturated carbocycles. The highest BCUT2D eigenvalue weighted by Gasteiger charge is 2.19. The van der Waals surface area contributed by atoms with Gasteiger partial charge < -0.3 is 10.5 Å².